The molecule has 1 fully saturated rings. The van der Waals surface area contributed by atoms with E-state index in [0.29, 0.717) is 5.41 Å². The van der Waals surface area contributed by atoms with Crippen molar-refractivity contribution in [1.29, 1.82) is 0 Å². The van der Waals surface area contributed by atoms with Crippen molar-refractivity contribution in [1.82, 2.24) is 0 Å². The summed E-state index contributed by atoms with van der Waals surface area (Å²) in [4.78, 5) is 0. The molecule has 0 amide bonds. The zero-order chi connectivity index (χ0) is 13.7. The number of hydrogen-bond donors (Lipinski definition) is 0. The molecule has 1 rings (SSSR count). The van der Waals surface area contributed by atoms with Crippen molar-refractivity contribution in [3.63, 3.8) is 0 Å². The molecule has 0 radical (unpaired) electrons. The predicted octanol–water partition coefficient (Wildman–Crippen LogP) is 7.12. The van der Waals surface area contributed by atoms with Gasteiger partial charge in [-0.15, -0.1) is 0 Å². The quantitative estimate of drug-likeness (QED) is 0.431. The van der Waals surface area contributed by atoms with Gasteiger partial charge in [-0.05, 0) is 18.3 Å². The highest BCUT2D eigenvalue weighted by atomic mass is 14.2. The van der Waals surface area contributed by atoms with E-state index in [2.05, 4.69) is 13.8 Å². The first-order chi connectivity index (χ1) is 8.71. The van der Waals surface area contributed by atoms with E-state index in [0.717, 1.165) is 0 Å². The fraction of sp³-hybridized carbons (Fsp3) is 1.00. The van der Waals surface area contributed by atoms with Crippen molar-refractivity contribution >= 4 is 0 Å². The minimum absolute atomic E-state index is 0.615. The van der Waals surface area contributed by atoms with Crippen molar-refractivity contribution in [3.05, 3.63) is 0 Å². The first-order valence-corrected chi connectivity index (χ1v) is 8.71. The highest BCUT2D eigenvalue weighted by Crippen LogP contribution is 2.30. The Hall–Kier alpha value is 0. The SMILES string of the molecule is CC.CC1(C)CCCCCCCCCCCCC1. The molecule has 0 aromatic rings. The lowest BCUT2D eigenvalue weighted by molar-refractivity contribution is 0.281. The normalized spacial score (nSPS) is 23.3. The van der Waals surface area contributed by atoms with Crippen molar-refractivity contribution in [3.8, 4) is 0 Å². The van der Waals surface area contributed by atoms with E-state index in [9.17, 15) is 0 Å². The van der Waals surface area contributed by atoms with E-state index in [-0.39, 0.29) is 0 Å². The molecule has 110 valence electrons. The average molecular weight is 255 g/mol. The van der Waals surface area contributed by atoms with Gasteiger partial charge < -0.3 is 0 Å². The Morgan fingerprint density at radius 2 is 0.667 bits per heavy atom. The van der Waals surface area contributed by atoms with Gasteiger partial charge in [0.1, 0.15) is 0 Å². The molecule has 0 aromatic carbocycles. The molecule has 0 saturated heterocycles. The summed E-state index contributed by atoms with van der Waals surface area (Å²) in [5.41, 5.74) is 0.615. The largest absolute Gasteiger partial charge is 0.0683 e. The summed E-state index contributed by atoms with van der Waals surface area (Å²) in [6.45, 7) is 8.94. The van der Waals surface area contributed by atoms with E-state index in [1.54, 1.807) is 0 Å². The second kappa shape index (κ2) is 12.1. The summed E-state index contributed by atoms with van der Waals surface area (Å²) in [7, 11) is 0. The summed E-state index contributed by atoms with van der Waals surface area (Å²) in [6.07, 6.45) is 19.2. The Morgan fingerprint density at radius 1 is 0.444 bits per heavy atom. The first kappa shape index (κ1) is 18.0. The van der Waals surface area contributed by atoms with Crippen molar-refractivity contribution in [2.24, 2.45) is 5.41 Å². The smallest absolute Gasteiger partial charge is 0.0354 e. The minimum Gasteiger partial charge on any atom is -0.0683 e. The highest BCUT2D eigenvalue weighted by molar-refractivity contribution is 4.69. The highest BCUT2D eigenvalue weighted by Gasteiger charge is 2.16. The van der Waals surface area contributed by atoms with Crippen LogP contribution in [0.25, 0.3) is 0 Å². The van der Waals surface area contributed by atoms with Crippen LogP contribution < -0.4 is 0 Å². The van der Waals surface area contributed by atoms with Crippen LogP contribution in [0.1, 0.15) is 111 Å². The molecule has 0 spiro atoms. The van der Waals surface area contributed by atoms with Gasteiger partial charge in [0, 0.05) is 0 Å². The summed E-state index contributed by atoms with van der Waals surface area (Å²) in [6, 6.07) is 0. The summed E-state index contributed by atoms with van der Waals surface area (Å²) in [5.74, 6) is 0. The monoisotopic (exact) mass is 254 g/mol. The Bertz CT molecular complexity index is 141. The Kier molecular flexibility index (Phi) is 12.1. The standard InChI is InChI=1S/C16H32.C2H6/c1-16(2)14-12-10-8-6-4-3-5-7-9-11-13-15-16;1-2/h3-15H2,1-2H3;1-2H3. The molecule has 0 N–H and O–H groups in total. The van der Waals surface area contributed by atoms with Gasteiger partial charge in [0.2, 0.25) is 0 Å². The lowest BCUT2D eigenvalue weighted by Crippen LogP contribution is -2.11. The van der Waals surface area contributed by atoms with E-state index in [1.165, 1.54) is 83.5 Å². The van der Waals surface area contributed by atoms with Gasteiger partial charge in [0.15, 0.2) is 0 Å². The Morgan fingerprint density at radius 3 is 0.944 bits per heavy atom. The second-order valence-electron chi connectivity index (χ2n) is 6.55. The molecule has 0 unspecified atom stereocenters. The maximum atomic E-state index is 2.47. The molecule has 1 aliphatic rings. The van der Waals surface area contributed by atoms with Crippen LogP contribution in [-0.4, -0.2) is 0 Å². The van der Waals surface area contributed by atoms with Gasteiger partial charge in [0.05, 0.1) is 0 Å². The molecule has 0 bridgehead atoms. The molecule has 1 aliphatic carbocycles. The lowest BCUT2D eigenvalue weighted by atomic mass is 9.81. The third kappa shape index (κ3) is 11.1. The maximum absolute atomic E-state index is 2.47. The summed E-state index contributed by atoms with van der Waals surface area (Å²) in [5, 5.41) is 0. The van der Waals surface area contributed by atoms with E-state index in [1.807, 2.05) is 13.8 Å². The minimum atomic E-state index is 0.615. The zero-order valence-corrected chi connectivity index (χ0v) is 13.7. The van der Waals surface area contributed by atoms with Crippen molar-refractivity contribution in [2.45, 2.75) is 111 Å². The molecule has 18 heavy (non-hydrogen) atoms. The molecule has 0 heteroatoms. The Balaban J connectivity index is 0.00000137. The first-order valence-electron chi connectivity index (χ1n) is 8.71. The molecule has 0 nitrogen and oxygen atoms in total. The van der Waals surface area contributed by atoms with E-state index < -0.39 is 0 Å². The van der Waals surface area contributed by atoms with Crippen LogP contribution in [0.4, 0.5) is 0 Å². The summed E-state index contributed by atoms with van der Waals surface area (Å²) >= 11 is 0. The van der Waals surface area contributed by atoms with Crippen LogP contribution in [0, 0.1) is 5.41 Å². The molecule has 1 saturated carbocycles. The van der Waals surface area contributed by atoms with Gasteiger partial charge in [0.25, 0.3) is 0 Å². The van der Waals surface area contributed by atoms with Crippen LogP contribution in [0.3, 0.4) is 0 Å². The molecule has 0 atom stereocenters. The lowest BCUT2D eigenvalue weighted by Gasteiger charge is -2.24. The molecule has 0 aromatic heterocycles. The Labute approximate surface area is 117 Å². The fourth-order valence-electron chi connectivity index (χ4n) is 2.92. The van der Waals surface area contributed by atoms with Crippen LogP contribution >= 0.6 is 0 Å². The van der Waals surface area contributed by atoms with Gasteiger partial charge in [-0.3, -0.25) is 0 Å². The van der Waals surface area contributed by atoms with Gasteiger partial charge in [-0.2, -0.15) is 0 Å². The molecular formula is C18H38. The maximum Gasteiger partial charge on any atom is -0.0354 e. The van der Waals surface area contributed by atoms with Gasteiger partial charge in [-0.1, -0.05) is 98.3 Å². The van der Waals surface area contributed by atoms with Crippen LogP contribution in [0.15, 0.2) is 0 Å². The van der Waals surface area contributed by atoms with Crippen molar-refractivity contribution < 1.29 is 0 Å². The van der Waals surface area contributed by atoms with Crippen LogP contribution in [0.5, 0.6) is 0 Å². The average Bonchev–Trinajstić information content (AvgIpc) is 2.37. The molecule has 0 aliphatic heterocycles. The van der Waals surface area contributed by atoms with Gasteiger partial charge in [-0.25, -0.2) is 0 Å². The van der Waals surface area contributed by atoms with E-state index in [4.69, 9.17) is 0 Å². The van der Waals surface area contributed by atoms with Gasteiger partial charge >= 0.3 is 0 Å². The van der Waals surface area contributed by atoms with E-state index >= 15 is 0 Å². The summed E-state index contributed by atoms with van der Waals surface area (Å²) < 4.78 is 0. The second-order valence-corrected chi connectivity index (χ2v) is 6.55. The van der Waals surface area contributed by atoms with Crippen molar-refractivity contribution in [2.75, 3.05) is 0 Å². The number of hydrogen-bond acceptors (Lipinski definition) is 0. The third-order valence-corrected chi connectivity index (χ3v) is 4.21. The van der Waals surface area contributed by atoms with Crippen LogP contribution in [0.2, 0.25) is 0 Å². The number of rotatable bonds is 0. The fourth-order valence-corrected chi connectivity index (χ4v) is 2.92. The zero-order valence-electron chi connectivity index (χ0n) is 13.7. The van der Waals surface area contributed by atoms with Crippen LogP contribution in [-0.2, 0) is 0 Å². The predicted molar refractivity (Wildman–Crippen MR) is 85.2 cm³/mol. The molecular weight excluding hydrogens is 216 g/mol. The molecule has 0 heterocycles. The third-order valence-electron chi connectivity index (χ3n) is 4.21. The topological polar surface area (TPSA) is 0 Å².